The van der Waals surface area contributed by atoms with Gasteiger partial charge >= 0.3 is 0 Å². The molecule has 0 atom stereocenters. The molecule has 0 saturated carbocycles. The second-order valence-corrected chi connectivity index (χ2v) is 6.78. The first-order valence-electron chi connectivity index (χ1n) is 6.07. The Morgan fingerprint density at radius 3 is 2.35 bits per heavy atom. The summed E-state index contributed by atoms with van der Waals surface area (Å²) in [6, 6.07) is 3.06. The van der Waals surface area contributed by atoms with E-state index in [1.54, 1.807) is 20.2 Å². The molecule has 0 fully saturated rings. The van der Waals surface area contributed by atoms with Crippen LogP contribution >= 0.6 is 0 Å². The van der Waals surface area contributed by atoms with Crippen LogP contribution in [0.4, 0.5) is 5.82 Å². The van der Waals surface area contributed by atoms with E-state index in [1.807, 2.05) is 0 Å². The van der Waals surface area contributed by atoms with Crippen LogP contribution in [0.25, 0.3) is 0 Å². The van der Waals surface area contributed by atoms with Crippen LogP contribution in [0.5, 0.6) is 0 Å². The van der Waals surface area contributed by atoms with Gasteiger partial charge in [0.15, 0.2) is 0 Å². The fourth-order valence-electron chi connectivity index (χ4n) is 1.37. The minimum Gasteiger partial charge on any atom is -0.370 e. The van der Waals surface area contributed by atoms with E-state index in [1.165, 1.54) is 31.3 Å². The van der Waals surface area contributed by atoms with E-state index < -0.39 is 10.0 Å². The predicted molar refractivity (Wildman–Crippen MR) is 76.9 cm³/mol. The van der Waals surface area contributed by atoms with Gasteiger partial charge in [-0.2, -0.15) is 0 Å². The molecule has 112 valence electrons. The van der Waals surface area contributed by atoms with Crippen LogP contribution in [0.3, 0.4) is 0 Å². The number of carbonyl (C=O) groups is 1. The molecule has 0 aliphatic heterocycles. The second-order valence-electron chi connectivity index (χ2n) is 4.63. The number of nitrogens with zero attached hydrogens (tertiary/aromatic N) is 3. The van der Waals surface area contributed by atoms with Crippen LogP contribution in [-0.4, -0.2) is 63.2 Å². The van der Waals surface area contributed by atoms with Gasteiger partial charge in [-0.05, 0) is 12.1 Å². The van der Waals surface area contributed by atoms with Crippen molar-refractivity contribution in [2.24, 2.45) is 0 Å². The van der Waals surface area contributed by atoms with Gasteiger partial charge in [-0.3, -0.25) is 4.79 Å². The van der Waals surface area contributed by atoms with Gasteiger partial charge in [-0.25, -0.2) is 17.7 Å². The molecule has 1 heterocycles. The zero-order valence-electron chi connectivity index (χ0n) is 12.1. The Morgan fingerprint density at radius 2 is 1.90 bits per heavy atom. The second kappa shape index (κ2) is 6.67. The van der Waals surface area contributed by atoms with Crippen LogP contribution in [0, 0.1) is 0 Å². The summed E-state index contributed by atoms with van der Waals surface area (Å²) in [7, 11) is 2.87. The highest BCUT2D eigenvalue weighted by Crippen LogP contribution is 2.13. The van der Waals surface area contributed by atoms with Gasteiger partial charge in [0.2, 0.25) is 15.9 Å². The van der Waals surface area contributed by atoms with Crippen molar-refractivity contribution in [3.8, 4) is 0 Å². The molecular weight excluding hydrogens is 280 g/mol. The fraction of sp³-hybridized carbons (Fsp3) is 0.500. The normalized spacial score (nSPS) is 11.4. The molecule has 0 unspecified atom stereocenters. The summed E-state index contributed by atoms with van der Waals surface area (Å²) in [6.45, 7) is 0.448. The van der Waals surface area contributed by atoms with Gasteiger partial charge in [-0.1, -0.05) is 0 Å². The van der Waals surface area contributed by atoms with E-state index in [2.05, 4.69) is 10.3 Å². The molecule has 20 heavy (non-hydrogen) atoms. The largest absolute Gasteiger partial charge is 0.370 e. The zero-order chi connectivity index (χ0) is 15.3. The van der Waals surface area contributed by atoms with E-state index in [4.69, 9.17) is 0 Å². The van der Waals surface area contributed by atoms with Crippen LogP contribution < -0.4 is 5.32 Å². The minimum atomic E-state index is -3.46. The third kappa shape index (κ3) is 4.17. The molecule has 0 aliphatic rings. The number of rotatable bonds is 6. The molecule has 0 saturated heterocycles. The Kier molecular flexibility index (Phi) is 5.46. The van der Waals surface area contributed by atoms with Gasteiger partial charge in [0.1, 0.15) is 10.7 Å². The first-order valence-corrected chi connectivity index (χ1v) is 7.51. The van der Waals surface area contributed by atoms with E-state index in [-0.39, 0.29) is 10.8 Å². The molecule has 1 N–H and O–H groups in total. The summed E-state index contributed by atoms with van der Waals surface area (Å²) in [6.07, 6.45) is 1.65. The lowest BCUT2D eigenvalue weighted by atomic mass is 10.3. The molecule has 1 aromatic heterocycles. The summed E-state index contributed by atoms with van der Waals surface area (Å²) in [5.74, 6) is 0.554. The lowest BCUT2D eigenvalue weighted by Gasteiger charge is -2.12. The number of pyridine rings is 1. The van der Waals surface area contributed by atoms with E-state index in [9.17, 15) is 13.2 Å². The Hall–Kier alpha value is -1.67. The molecule has 1 rings (SSSR count). The fourth-order valence-corrected chi connectivity index (χ4v) is 2.22. The van der Waals surface area contributed by atoms with Crippen LogP contribution in [-0.2, 0) is 14.8 Å². The summed E-state index contributed by atoms with van der Waals surface area (Å²) < 4.78 is 24.8. The molecule has 0 aliphatic carbocycles. The van der Waals surface area contributed by atoms with Crippen molar-refractivity contribution in [3.63, 3.8) is 0 Å². The first kappa shape index (κ1) is 16.4. The molecule has 0 radical (unpaired) electrons. The zero-order valence-corrected chi connectivity index (χ0v) is 12.9. The Bertz CT molecular complexity index is 553. The molecule has 0 spiro atoms. The topological polar surface area (TPSA) is 82.6 Å². The molecule has 1 amide bonds. The molecule has 0 aromatic carbocycles. The van der Waals surface area contributed by atoms with Gasteiger partial charge in [0.05, 0.1) is 0 Å². The van der Waals surface area contributed by atoms with Crippen molar-refractivity contribution in [3.05, 3.63) is 18.3 Å². The number of carbonyl (C=O) groups excluding carboxylic acids is 1. The number of sulfonamides is 1. The first-order chi connectivity index (χ1) is 9.25. The monoisotopic (exact) mass is 300 g/mol. The number of aromatic nitrogens is 1. The average molecular weight is 300 g/mol. The number of hydrogen-bond acceptors (Lipinski definition) is 5. The third-order valence-electron chi connectivity index (χ3n) is 2.66. The smallest absolute Gasteiger partial charge is 0.244 e. The maximum atomic E-state index is 11.8. The van der Waals surface area contributed by atoms with Crippen LogP contribution in [0.2, 0.25) is 0 Å². The van der Waals surface area contributed by atoms with Crippen molar-refractivity contribution >= 4 is 21.7 Å². The summed E-state index contributed by atoms with van der Waals surface area (Å²) in [5, 5.41) is 2.97. The van der Waals surface area contributed by atoms with Crippen molar-refractivity contribution in [2.45, 2.75) is 11.3 Å². The Labute approximate surface area is 119 Å². The number of hydrogen-bond donors (Lipinski definition) is 1. The highest BCUT2D eigenvalue weighted by molar-refractivity contribution is 7.89. The van der Waals surface area contributed by atoms with E-state index >= 15 is 0 Å². The number of nitrogens with one attached hydrogen (secondary N) is 1. The SMILES string of the molecule is CN(C)C(=O)CCNc1ccc(S(=O)(=O)N(C)C)cn1. The Balaban J connectivity index is 2.62. The Morgan fingerprint density at radius 1 is 1.25 bits per heavy atom. The van der Waals surface area contributed by atoms with Crippen molar-refractivity contribution < 1.29 is 13.2 Å². The van der Waals surface area contributed by atoms with E-state index in [0.29, 0.717) is 18.8 Å². The van der Waals surface area contributed by atoms with Gasteiger partial charge in [0, 0.05) is 47.4 Å². The maximum Gasteiger partial charge on any atom is 0.244 e. The number of anilines is 1. The summed E-state index contributed by atoms with van der Waals surface area (Å²) in [4.78, 5) is 17.1. The third-order valence-corrected chi connectivity index (χ3v) is 4.46. The van der Waals surface area contributed by atoms with Crippen molar-refractivity contribution in [1.29, 1.82) is 0 Å². The highest BCUT2D eigenvalue weighted by Gasteiger charge is 2.17. The summed E-state index contributed by atoms with van der Waals surface area (Å²) in [5.41, 5.74) is 0. The molecule has 0 bridgehead atoms. The van der Waals surface area contributed by atoms with Crippen molar-refractivity contribution in [1.82, 2.24) is 14.2 Å². The number of amides is 1. The average Bonchev–Trinajstić information content (AvgIpc) is 2.38. The maximum absolute atomic E-state index is 11.8. The van der Waals surface area contributed by atoms with E-state index in [0.717, 1.165) is 4.31 Å². The molecule has 7 nitrogen and oxygen atoms in total. The minimum absolute atomic E-state index is 0.0179. The van der Waals surface area contributed by atoms with Gasteiger partial charge in [-0.15, -0.1) is 0 Å². The predicted octanol–water partition coefficient (Wildman–Crippen LogP) is 0.222. The summed E-state index contributed by atoms with van der Waals surface area (Å²) >= 11 is 0. The van der Waals surface area contributed by atoms with Crippen LogP contribution in [0.1, 0.15) is 6.42 Å². The van der Waals surface area contributed by atoms with Crippen molar-refractivity contribution in [2.75, 3.05) is 40.1 Å². The lowest BCUT2D eigenvalue weighted by Crippen LogP contribution is -2.24. The molecule has 1 aromatic rings. The lowest BCUT2D eigenvalue weighted by molar-refractivity contribution is -0.128. The molecular formula is C12H20N4O3S. The van der Waals surface area contributed by atoms with Crippen LogP contribution in [0.15, 0.2) is 23.2 Å². The quantitative estimate of drug-likeness (QED) is 0.813. The van der Waals surface area contributed by atoms with Gasteiger partial charge in [0.25, 0.3) is 0 Å². The highest BCUT2D eigenvalue weighted by atomic mass is 32.2. The molecule has 8 heteroatoms. The standard InChI is InChI=1S/C12H20N4O3S/c1-15(2)12(17)7-8-13-11-6-5-10(9-14-11)20(18,19)16(3)4/h5-6,9H,7-8H2,1-4H3,(H,13,14). The van der Waals surface area contributed by atoms with Gasteiger partial charge < -0.3 is 10.2 Å².